The standard InChI is InChI=1S/C16H19BrO/c1-2-3-8-15(17)12-18-16-10-9-13-6-4-5-7-14(13)11-16/h4-7,9-11,15H,2-3,8,12H2,1H3. The molecule has 1 unspecified atom stereocenters. The van der Waals surface area contributed by atoms with Crippen LogP contribution in [0.4, 0.5) is 0 Å². The second-order valence-electron chi connectivity index (χ2n) is 4.56. The molecule has 0 fully saturated rings. The first kappa shape index (κ1) is 13.4. The van der Waals surface area contributed by atoms with E-state index in [0.717, 1.165) is 12.4 Å². The van der Waals surface area contributed by atoms with Gasteiger partial charge in [-0.1, -0.05) is 66.0 Å². The molecule has 2 aromatic rings. The van der Waals surface area contributed by atoms with Gasteiger partial charge in [-0.05, 0) is 29.3 Å². The van der Waals surface area contributed by atoms with Gasteiger partial charge in [0.15, 0.2) is 0 Å². The van der Waals surface area contributed by atoms with Gasteiger partial charge in [-0.2, -0.15) is 0 Å². The Morgan fingerprint density at radius 2 is 1.89 bits per heavy atom. The van der Waals surface area contributed by atoms with E-state index in [4.69, 9.17) is 4.74 Å². The molecule has 1 atom stereocenters. The van der Waals surface area contributed by atoms with Crippen molar-refractivity contribution in [3.63, 3.8) is 0 Å². The second-order valence-corrected chi connectivity index (χ2v) is 5.85. The van der Waals surface area contributed by atoms with Crippen LogP contribution in [0.2, 0.25) is 0 Å². The van der Waals surface area contributed by atoms with Gasteiger partial charge in [-0.3, -0.25) is 0 Å². The number of ether oxygens (including phenoxy) is 1. The van der Waals surface area contributed by atoms with Gasteiger partial charge in [-0.25, -0.2) is 0 Å². The average molecular weight is 307 g/mol. The van der Waals surface area contributed by atoms with Crippen molar-refractivity contribution in [3.8, 4) is 5.75 Å². The molecule has 0 amide bonds. The van der Waals surface area contributed by atoms with Crippen molar-refractivity contribution in [1.82, 2.24) is 0 Å². The van der Waals surface area contributed by atoms with Gasteiger partial charge >= 0.3 is 0 Å². The first-order valence-electron chi connectivity index (χ1n) is 6.55. The smallest absolute Gasteiger partial charge is 0.119 e. The van der Waals surface area contributed by atoms with Crippen LogP contribution in [-0.2, 0) is 0 Å². The zero-order valence-corrected chi connectivity index (χ0v) is 12.3. The number of fused-ring (bicyclic) bond motifs is 1. The van der Waals surface area contributed by atoms with Gasteiger partial charge in [0.25, 0.3) is 0 Å². The molecule has 0 radical (unpaired) electrons. The largest absolute Gasteiger partial charge is 0.492 e. The molecule has 18 heavy (non-hydrogen) atoms. The van der Waals surface area contributed by atoms with E-state index in [1.54, 1.807) is 0 Å². The minimum absolute atomic E-state index is 0.448. The van der Waals surface area contributed by atoms with E-state index in [-0.39, 0.29) is 0 Å². The Kier molecular flexibility index (Phi) is 5.06. The third-order valence-electron chi connectivity index (χ3n) is 3.02. The molecule has 0 N–H and O–H groups in total. The lowest BCUT2D eigenvalue weighted by molar-refractivity contribution is 0.313. The lowest BCUT2D eigenvalue weighted by atomic mass is 10.1. The maximum atomic E-state index is 5.83. The van der Waals surface area contributed by atoms with E-state index in [1.165, 1.54) is 30.0 Å². The molecule has 0 aromatic heterocycles. The summed E-state index contributed by atoms with van der Waals surface area (Å²) in [6.45, 7) is 2.95. The molecule has 2 rings (SSSR count). The van der Waals surface area contributed by atoms with Crippen LogP contribution in [0.5, 0.6) is 5.75 Å². The first-order chi connectivity index (χ1) is 8.79. The van der Waals surface area contributed by atoms with Crippen LogP contribution in [0.3, 0.4) is 0 Å². The SMILES string of the molecule is CCCCC(Br)COc1ccc2ccccc2c1. The Morgan fingerprint density at radius 3 is 2.67 bits per heavy atom. The van der Waals surface area contributed by atoms with Crippen LogP contribution in [0, 0.1) is 0 Å². The van der Waals surface area contributed by atoms with Gasteiger partial charge < -0.3 is 4.74 Å². The zero-order chi connectivity index (χ0) is 12.8. The van der Waals surface area contributed by atoms with Crippen molar-refractivity contribution in [2.45, 2.75) is 31.0 Å². The van der Waals surface area contributed by atoms with Crippen LogP contribution in [-0.4, -0.2) is 11.4 Å². The van der Waals surface area contributed by atoms with Crippen molar-refractivity contribution < 1.29 is 4.74 Å². The van der Waals surface area contributed by atoms with E-state index < -0.39 is 0 Å². The minimum Gasteiger partial charge on any atom is -0.492 e. The molecule has 0 aliphatic carbocycles. The summed E-state index contributed by atoms with van der Waals surface area (Å²) in [4.78, 5) is 0.448. The molecule has 0 heterocycles. The number of hydrogen-bond acceptors (Lipinski definition) is 1. The molecule has 2 heteroatoms. The van der Waals surface area contributed by atoms with E-state index in [1.807, 2.05) is 6.07 Å². The van der Waals surface area contributed by atoms with Crippen molar-refractivity contribution in [2.24, 2.45) is 0 Å². The summed E-state index contributed by atoms with van der Waals surface area (Å²) >= 11 is 3.66. The number of hydrogen-bond donors (Lipinski definition) is 0. The Bertz CT molecular complexity index is 495. The van der Waals surface area contributed by atoms with Crippen LogP contribution >= 0.6 is 15.9 Å². The second kappa shape index (κ2) is 6.79. The Morgan fingerprint density at radius 1 is 1.11 bits per heavy atom. The third kappa shape index (κ3) is 3.74. The molecule has 0 spiro atoms. The maximum Gasteiger partial charge on any atom is 0.119 e. The fourth-order valence-electron chi connectivity index (χ4n) is 1.95. The first-order valence-corrected chi connectivity index (χ1v) is 7.47. The number of rotatable bonds is 6. The lowest BCUT2D eigenvalue weighted by Gasteiger charge is -2.11. The Hall–Kier alpha value is -1.02. The monoisotopic (exact) mass is 306 g/mol. The van der Waals surface area contributed by atoms with Crippen molar-refractivity contribution >= 4 is 26.7 Å². The van der Waals surface area contributed by atoms with E-state index in [2.05, 4.69) is 59.3 Å². The molecule has 2 aromatic carbocycles. The fraction of sp³-hybridized carbons (Fsp3) is 0.375. The molecule has 0 saturated heterocycles. The molecular formula is C16H19BrO. The molecular weight excluding hydrogens is 288 g/mol. The van der Waals surface area contributed by atoms with E-state index in [9.17, 15) is 0 Å². The lowest BCUT2D eigenvalue weighted by Crippen LogP contribution is -2.10. The topological polar surface area (TPSA) is 9.23 Å². The molecule has 0 saturated carbocycles. The van der Waals surface area contributed by atoms with Gasteiger partial charge in [0.2, 0.25) is 0 Å². The van der Waals surface area contributed by atoms with Crippen molar-refractivity contribution in [2.75, 3.05) is 6.61 Å². The van der Waals surface area contributed by atoms with E-state index >= 15 is 0 Å². The summed E-state index contributed by atoms with van der Waals surface area (Å²) < 4.78 is 5.83. The normalized spacial score (nSPS) is 12.6. The number of benzene rings is 2. The Labute approximate surface area is 117 Å². The van der Waals surface area contributed by atoms with E-state index in [0.29, 0.717) is 4.83 Å². The fourth-order valence-corrected chi connectivity index (χ4v) is 2.41. The summed E-state index contributed by atoms with van der Waals surface area (Å²) in [5.41, 5.74) is 0. The third-order valence-corrected chi connectivity index (χ3v) is 3.74. The predicted molar refractivity (Wildman–Crippen MR) is 81.7 cm³/mol. The molecule has 0 aliphatic rings. The van der Waals surface area contributed by atoms with Crippen LogP contribution < -0.4 is 4.74 Å². The van der Waals surface area contributed by atoms with Gasteiger partial charge in [-0.15, -0.1) is 0 Å². The average Bonchev–Trinajstić information content (AvgIpc) is 2.42. The maximum absolute atomic E-state index is 5.83. The number of unbranched alkanes of at least 4 members (excludes halogenated alkanes) is 1. The van der Waals surface area contributed by atoms with Crippen LogP contribution in [0.1, 0.15) is 26.2 Å². The van der Waals surface area contributed by atoms with Gasteiger partial charge in [0.1, 0.15) is 12.4 Å². The highest BCUT2D eigenvalue weighted by atomic mass is 79.9. The zero-order valence-electron chi connectivity index (χ0n) is 10.7. The van der Waals surface area contributed by atoms with Gasteiger partial charge in [0, 0.05) is 4.83 Å². The summed E-state index contributed by atoms with van der Waals surface area (Å²) in [5.74, 6) is 0.953. The number of halogens is 1. The summed E-state index contributed by atoms with van der Waals surface area (Å²) in [7, 11) is 0. The van der Waals surface area contributed by atoms with Crippen LogP contribution in [0.25, 0.3) is 10.8 Å². The van der Waals surface area contributed by atoms with Crippen LogP contribution in [0.15, 0.2) is 42.5 Å². The highest BCUT2D eigenvalue weighted by molar-refractivity contribution is 9.09. The number of alkyl halides is 1. The molecule has 0 aliphatic heterocycles. The molecule has 1 nitrogen and oxygen atoms in total. The Balaban J connectivity index is 1.95. The van der Waals surface area contributed by atoms with Gasteiger partial charge in [0.05, 0.1) is 0 Å². The minimum atomic E-state index is 0.448. The van der Waals surface area contributed by atoms with Crippen molar-refractivity contribution in [3.05, 3.63) is 42.5 Å². The highest BCUT2D eigenvalue weighted by Gasteiger charge is 2.04. The summed E-state index contributed by atoms with van der Waals surface area (Å²) in [6.07, 6.45) is 3.65. The predicted octanol–water partition coefficient (Wildman–Crippen LogP) is 5.17. The summed E-state index contributed by atoms with van der Waals surface area (Å²) in [5, 5.41) is 2.49. The quantitative estimate of drug-likeness (QED) is 0.669. The van der Waals surface area contributed by atoms with Crippen molar-refractivity contribution in [1.29, 1.82) is 0 Å². The highest BCUT2D eigenvalue weighted by Crippen LogP contribution is 2.21. The summed E-state index contributed by atoms with van der Waals surface area (Å²) in [6, 6.07) is 14.6. The molecule has 0 bridgehead atoms. The molecule has 96 valence electrons.